The summed E-state index contributed by atoms with van der Waals surface area (Å²) in [6.45, 7) is 6.34. The zero-order valence-electron chi connectivity index (χ0n) is 12.7. The Morgan fingerprint density at radius 3 is 2.47 bits per heavy atom. The molecule has 5 heteroatoms. The average Bonchev–Trinajstić information content (AvgIpc) is 3.14. The van der Waals surface area contributed by atoms with E-state index in [1.807, 2.05) is 0 Å². The van der Waals surface area contributed by atoms with Crippen molar-refractivity contribution in [3.8, 4) is 0 Å². The molecule has 1 rings (SSSR count). The van der Waals surface area contributed by atoms with Crippen molar-refractivity contribution in [1.29, 1.82) is 0 Å². The Balaban J connectivity index is 2.22. The number of hydrogen-bond donors (Lipinski definition) is 2. The Labute approximate surface area is 117 Å². The minimum Gasteiger partial charge on any atom is -0.368 e. The molecule has 1 atom stereocenters. The first-order valence-corrected chi connectivity index (χ1v) is 7.45. The van der Waals surface area contributed by atoms with Gasteiger partial charge in [0.1, 0.15) is 0 Å². The normalized spacial score (nSPS) is 17.1. The molecule has 0 radical (unpaired) electrons. The van der Waals surface area contributed by atoms with Crippen LogP contribution < -0.4 is 11.1 Å². The van der Waals surface area contributed by atoms with E-state index in [0.717, 1.165) is 39.0 Å². The van der Waals surface area contributed by atoms with Crippen molar-refractivity contribution >= 4 is 5.91 Å². The van der Waals surface area contributed by atoms with Gasteiger partial charge < -0.3 is 20.9 Å². The van der Waals surface area contributed by atoms with Gasteiger partial charge >= 0.3 is 0 Å². The van der Waals surface area contributed by atoms with E-state index in [2.05, 4.69) is 36.1 Å². The van der Waals surface area contributed by atoms with Gasteiger partial charge in [-0.2, -0.15) is 0 Å². The number of amides is 1. The summed E-state index contributed by atoms with van der Waals surface area (Å²) in [5.41, 5.74) is 5.45. The van der Waals surface area contributed by atoms with Gasteiger partial charge in [-0.25, -0.2) is 0 Å². The highest BCUT2D eigenvalue weighted by Gasteiger charge is 2.27. The first-order chi connectivity index (χ1) is 9.02. The first kappa shape index (κ1) is 16.4. The predicted molar refractivity (Wildman–Crippen MR) is 79.0 cm³/mol. The van der Waals surface area contributed by atoms with Crippen LogP contribution in [0.25, 0.3) is 0 Å². The highest BCUT2D eigenvalue weighted by Crippen LogP contribution is 2.19. The van der Waals surface area contributed by atoms with E-state index in [-0.39, 0.29) is 11.9 Å². The zero-order valence-corrected chi connectivity index (χ0v) is 12.7. The van der Waals surface area contributed by atoms with Crippen molar-refractivity contribution in [3.63, 3.8) is 0 Å². The zero-order chi connectivity index (χ0) is 14.3. The number of rotatable bonds is 11. The lowest BCUT2D eigenvalue weighted by molar-refractivity contribution is -0.120. The molecule has 0 bridgehead atoms. The molecule has 5 nitrogen and oxygen atoms in total. The molecule has 1 unspecified atom stereocenters. The summed E-state index contributed by atoms with van der Waals surface area (Å²) in [6.07, 6.45) is 4.36. The van der Waals surface area contributed by atoms with E-state index >= 15 is 0 Å². The third-order valence-electron chi connectivity index (χ3n) is 3.62. The van der Waals surface area contributed by atoms with Gasteiger partial charge in [-0.15, -0.1) is 0 Å². The van der Waals surface area contributed by atoms with Crippen molar-refractivity contribution < 1.29 is 4.79 Å². The molecule has 112 valence electrons. The lowest BCUT2D eigenvalue weighted by Gasteiger charge is -2.24. The van der Waals surface area contributed by atoms with Gasteiger partial charge in [-0.3, -0.25) is 4.79 Å². The van der Waals surface area contributed by atoms with E-state index in [0.29, 0.717) is 6.04 Å². The van der Waals surface area contributed by atoms with Crippen LogP contribution in [-0.4, -0.2) is 68.1 Å². The molecule has 0 aromatic carbocycles. The minimum absolute atomic E-state index is 0.157. The quantitative estimate of drug-likeness (QED) is 0.565. The minimum atomic E-state index is -0.212. The Hall–Kier alpha value is -0.650. The van der Waals surface area contributed by atoms with E-state index in [9.17, 15) is 4.79 Å². The fourth-order valence-corrected chi connectivity index (χ4v) is 2.19. The van der Waals surface area contributed by atoms with Crippen molar-refractivity contribution in [2.45, 2.75) is 44.7 Å². The number of carbonyl (C=O) groups excluding carboxylic acids is 1. The van der Waals surface area contributed by atoms with E-state index in [1.165, 1.54) is 12.8 Å². The summed E-state index contributed by atoms with van der Waals surface area (Å²) in [7, 11) is 4.19. The maximum atomic E-state index is 11.4. The van der Waals surface area contributed by atoms with Crippen LogP contribution in [0, 0.1) is 0 Å². The summed E-state index contributed by atoms with van der Waals surface area (Å²) < 4.78 is 0. The molecule has 0 spiro atoms. The van der Waals surface area contributed by atoms with E-state index in [1.54, 1.807) is 0 Å². The van der Waals surface area contributed by atoms with Crippen molar-refractivity contribution in [1.82, 2.24) is 15.1 Å². The van der Waals surface area contributed by atoms with Gasteiger partial charge in [0.05, 0.1) is 6.04 Å². The van der Waals surface area contributed by atoms with E-state index < -0.39 is 0 Å². The van der Waals surface area contributed by atoms with Gasteiger partial charge in [0.15, 0.2) is 0 Å². The van der Waals surface area contributed by atoms with Gasteiger partial charge in [0.25, 0.3) is 0 Å². The number of nitrogens with two attached hydrogens (primary N) is 1. The van der Waals surface area contributed by atoms with Crippen LogP contribution in [0.5, 0.6) is 0 Å². The lowest BCUT2D eigenvalue weighted by Crippen LogP contribution is -2.44. The molecule has 19 heavy (non-hydrogen) atoms. The lowest BCUT2D eigenvalue weighted by atomic mass is 10.1. The Kier molecular flexibility index (Phi) is 7.34. The molecule has 1 aliphatic carbocycles. The van der Waals surface area contributed by atoms with E-state index in [4.69, 9.17) is 5.73 Å². The summed E-state index contributed by atoms with van der Waals surface area (Å²) in [4.78, 5) is 16.0. The van der Waals surface area contributed by atoms with Crippen molar-refractivity contribution in [3.05, 3.63) is 0 Å². The average molecular weight is 270 g/mol. The largest absolute Gasteiger partial charge is 0.368 e. The Morgan fingerprint density at radius 1 is 1.32 bits per heavy atom. The SMILES string of the molecule is CCN(CCCN(C)C)CCC(NC1CC1)C(N)=O. The van der Waals surface area contributed by atoms with Crippen LogP contribution in [0.2, 0.25) is 0 Å². The van der Waals surface area contributed by atoms with Crippen LogP contribution >= 0.6 is 0 Å². The molecule has 1 saturated carbocycles. The molecule has 1 aliphatic rings. The highest BCUT2D eigenvalue weighted by molar-refractivity contribution is 5.79. The van der Waals surface area contributed by atoms with Crippen LogP contribution in [0.1, 0.15) is 32.6 Å². The first-order valence-electron chi connectivity index (χ1n) is 7.45. The highest BCUT2D eigenvalue weighted by atomic mass is 16.1. The third-order valence-corrected chi connectivity index (χ3v) is 3.62. The Bertz CT molecular complexity index is 266. The Morgan fingerprint density at radius 2 is 2.00 bits per heavy atom. The molecule has 0 saturated heterocycles. The van der Waals surface area contributed by atoms with Crippen LogP contribution in [0.4, 0.5) is 0 Å². The second-order valence-electron chi connectivity index (χ2n) is 5.78. The molecule has 0 heterocycles. The number of carbonyl (C=O) groups is 1. The van der Waals surface area contributed by atoms with Gasteiger partial charge in [-0.1, -0.05) is 6.92 Å². The molecule has 0 aliphatic heterocycles. The standard InChI is InChI=1S/C14H30N4O/c1-4-18(10-5-9-17(2)3)11-8-13(14(15)19)16-12-6-7-12/h12-13,16H,4-11H2,1-3H3,(H2,15,19). The smallest absolute Gasteiger partial charge is 0.234 e. The molecule has 1 fully saturated rings. The predicted octanol–water partition coefficient (Wildman–Crippen LogP) is 0.256. The number of primary amides is 1. The van der Waals surface area contributed by atoms with Gasteiger partial charge in [0, 0.05) is 12.6 Å². The number of hydrogen-bond acceptors (Lipinski definition) is 4. The molecular formula is C14H30N4O. The van der Waals surface area contributed by atoms with Gasteiger partial charge in [0.2, 0.25) is 5.91 Å². The second-order valence-corrected chi connectivity index (χ2v) is 5.78. The molecule has 3 N–H and O–H groups in total. The van der Waals surface area contributed by atoms with Crippen molar-refractivity contribution in [2.75, 3.05) is 40.3 Å². The fourth-order valence-electron chi connectivity index (χ4n) is 2.19. The van der Waals surface area contributed by atoms with Crippen LogP contribution in [0.3, 0.4) is 0 Å². The summed E-state index contributed by atoms with van der Waals surface area (Å²) in [5.74, 6) is -0.212. The maximum absolute atomic E-state index is 11.4. The number of nitrogens with one attached hydrogen (secondary N) is 1. The topological polar surface area (TPSA) is 61.6 Å². The number of nitrogens with zero attached hydrogens (tertiary/aromatic N) is 2. The van der Waals surface area contributed by atoms with Crippen LogP contribution in [-0.2, 0) is 4.79 Å². The molecule has 1 amide bonds. The summed E-state index contributed by atoms with van der Waals surface area (Å²) >= 11 is 0. The summed E-state index contributed by atoms with van der Waals surface area (Å²) in [5, 5.41) is 3.33. The molecule has 0 aromatic heterocycles. The third kappa shape index (κ3) is 7.50. The molecular weight excluding hydrogens is 240 g/mol. The van der Waals surface area contributed by atoms with Crippen LogP contribution in [0.15, 0.2) is 0 Å². The molecule has 0 aromatic rings. The van der Waals surface area contributed by atoms with Gasteiger partial charge in [-0.05, 0) is 59.4 Å². The summed E-state index contributed by atoms with van der Waals surface area (Å²) in [6, 6.07) is 0.372. The monoisotopic (exact) mass is 270 g/mol. The fraction of sp³-hybridized carbons (Fsp3) is 0.929. The van der Waals surface area contributed by atoms with Crippen molar-refractivity contribution in [2.24, 2.45) is 5.73 Å². The maximum Gasteiger partial charge on any atom is 0.234 e. The second kappa shape index (κ2) is 8.51.